The predicted molar refractivity (Wildman–Crippen MR) is 83.7 cm³/mol. The van der Waals surface area contributed by atoms with Gasteiger partial charge in [-0.25, -0.2) is 4.98 Å². The zero-order chi connectivity index (χ0) is 15.0. The normalized spacial score (nSPS) is 11.8. The van der Waals surface area contributed by atoms with Gasteiger partial charge in [0.1, 0.15) is 17.7 Å². The van der Waals surface area contributed by atoms with Gasteiger partial charge in [0.2, 0.25) is 5.88 Å². The number of rotatable bonds is 2. The number of nitrogens with two attached hydrogens (primary N) is 1. The molecule has 0 spiro atoms. The number of hydrogen-bond acceptors (Lipinski definition) is 4. The van der Waals surface area contributed by atoms with Gasteiger partial charge in [-0.05, 0) is 45.0 Å². The minimum absolute atomic E-state index is 0.350. The Hall–Kier alpha value is -2.56. The Morgan fingerprint density at radius 1 is 1.10 bits per heavy atom. The summed E-state index contributed by atoms with van der Waals surface area (Å²) in [5, 5.41) is 0. The van der Waals surface area contributed by atoms with Crippen molar-refractivity contribution >= 4 is 16.7 Å². The van der Waals surface area contributed by atoms with Gasteiger partial charge < -0.3 is 10.5 Å². The molecule has 2 heterocycles. The first-order valence-corrected chi connectivity index (χ1v) is 6.82. The lowest BCUT2D eigenvalue weighted by Crippen LogP contribution is -2.24. The van der Waals surface area contributed by atoms with Crippen molar-refractivity contribution in [3.05, 3.63) is 42.7 Å². The van der Waals surface area contributed by atoms with Crippen LogP contribution in [0.3, 0.4) is 0 Å². The van der Waals surface area contributed by atoms with E-state index in [1.807, 2.05) is 55.7 Å². The first-order chi connectivity index (χ1) is 9.94. The average molecular weight is 282 g/mol. The maximum absolute atomic E-state index is 5.95. The van der Waals surface area contributed by atoms with E-state index in [-0.39, 0.29) is 5.60 Å². The summed E-state index contributed by atoms with van der Waals surface area (Å²) in [5.41, 5.74) is 8.05. The van der Waals surface area contributed by atoms with Crippen LogP contribution in [0.25, 0.3) is 16.9 Å². The largest absolute Gasteiger partial charge is 0.470 e. The van der Waals surface area contributed by atoms with Gasteiger partial charge in [-0.3, -0.25) is 4.57 Å². The van der Waals surface area contributed by atoms with Crippen molar-refractivity contribution in [2.24, 2.45) is 0 Å². The van der Waals surface area contributed by atoms with E-state index in [0.717, 1.165) is 16.9 Å². The molecule has 0 aliphatic carbocycles. The van der Waals surface area contributed by atoms with Gasteiger partial charge in [-0.1, -0.05) is 12.1 Å². The van der Waals surface area contributed by atoms with Crippen LogP contribution in [-0.2, 0) is 0 Å². The second-order valence-electron chi connectivity index (χ2n) is 5.88. The highest BCUT2D eigenvalue weighted by Gasteiger charge is 2.16. The van der Waals surface area contributed by atoms with Crippen LogP contribution in [-0.4, -0.2) is 20.1 Å². The standard InChI is InChI=1S/C16H18N4O/c1-16(2,3)21-15-11(17)8-9-14(19-15)20-10-18-12-6-4-5-7-13(12)20/h4-10H,17H2,1-3H3. The van der Waals surface area contributed by atoms with E-state index >= 15 is 0 Å². The van der Waals surface area contributed by atoms with E-state index in [1.54, 1.807) is 12.4 Å². The maximum Gasteiger partial charge on any atom is 0.239 e. The monoisotopic (exact) mass is 282 g/mol. The highest BCUT2D eigenvalue weighted by molar-refractivity contribution is 5.76. The lowest BCUT2D eigenvalue weighted by molar-refractivity contribution is 0.125. The Labute approximate surface area is 123 Å². The fraction of sp³-hybridized carbons (Fsp3) is 0.250. The lowest BCUT2D eigenvalue weighted by Gasteiger charge is -2.21. The fourth-order valence-electron chi connectivity index (χ4n) is 2.09. The van der Waals surface area contributed by atoms with E-state index < -0.39 is 0 Å². The van der Waals surface area contributed by atoms with Crippen LogP contribution in [0.1, 0.15) is 20.8 Å². The number of hydrogen-bond donors (Lipinski definition) is 1. The minimum Gasteiger partial charge on any atom is -0.470 e. The zero-order valence-electron chi connectivity index (χ0n) is 12.4. The van der Waals surface area contributed by atoms with Crippen molar-refractivity contribution in [2.45, 2.75) is 26.4 Å². The SMILES string of the molecule is CC(C)(C)Oc1nc(-n2cnc3ccccc32)ccc1N. The van der Waals surface area contributed by atoms with Gasteiger partial charge in [-0.15, -0.1) is 0 Å². The van der Waals surface area contributed by atoms with Crippen molar-refractivity contribution in [2.75, 3.05) is 5.73 Å². The van der Waals surface area contributed by atoms with Gasteiger partial charge >= 0.3 is 0 Å². The molecule has 0 saturated carbocycles. The maximum atomic E-state index is 5.95. The molecule has 1 aromatic carbocycles. The molecule has 3 aromatic rings. The number of nitrogen functional groups attached to an aromatic ring is 1. The molecule has 3 rings (SSSR count). The van der Waals surface area contributed by atoms with E-state index in [4.69, 9.17) is 10.5 Å². The van der Waals surface area contributed by atoms with Crippen LogP contribution in [0.15, 0.2) is 42.7 Å². The van der Waals surface area contributed by atoms with E-state index in [1.165, 1.54) is 0 Å². The summed E-state index contributed by atoms with van der Waals surface area (Å²) < 4.78 is 7.73. The number of anilines is 1. The molecule has 0 bridgehead atoms. The molecule has 0 saturated heterocycles. The first-order valence-electron chi connectivity index (χ1n) is 6.82. The third kappa shape index (κ3) is 2.67. The van der Waals surface area contributed by atoms with Crippen LogP contribution in [0.4, 0.5) is 5.69 Å². The quantitative estimate of drug-likeness (QED) is 0.784. The summed E-state index contributed by atoms with van der Waals surface area (Å²) in [5.74, 6) is 1.18. The number of benzene rings is 1. The Morgan fingerprint density at radius 2 is 1.86 bits per heavy atom. The molecule has 21 heavy (non-hydrogen) atoms. The van der Waals surface area contributed by atoms with Gasteiger partial charge in [0.25, 0.3) is 0 Å². The molecule has 0 aliphatic heterocycles. The Bertz CT molecular complexity index is 786. The zero-order valence-corrected chi connectivity index (χ0v) is 12.4. The van der Waals surface area contributed by atoms with Crippen molar-refractivity contribution < 1.29 is 4.74 Å². The number of para-hydroxylation sites is 2. The Kier molecular flexibility index (Phi) is 3.05. The molecule has 0 fully saturated rings. The number of pyridine rings is 1. The van der Waals surface area contributed by atoms with Crippen LogP contribution in [0, 0.1) is 0 Å². The highest BCUT2D eigenvalue weighted by Crippen LogP contribution is 2.26. The van der Waals surface area contributed by atoms with Gasteiger partial charge in [-0.2, -0.15) is 4.98 Å². The van der Waals surface area contributed by atoms with Gasteiger partial charge in [0.05, 0.1) is 16.7 Å². The molecule has 0 atom stereocenters. The molecule has 0 amide bonds. The molecule has 0 radical (unpaired) electrons. The molecule has 108 valence electrons. The Morgan fingerprint density at radius 3 is 2.62 bits per heavy atom. The molecule has 0 aliphatic rings. The molecule has 5 heteroatoms. The molecular weight excluding hydrogens is 264 g/mol. The summed E-state index contributed by atoms with van der Waals surface area (Å²) in [7, 11) is 0. The van der Waals surface area contributed by atoms with Gasteiger partial charge in [0, 0.05) is 0 Å². The average Bonchev–Trinajstić information content (AvgIpc) is 2.84. The summed E-state index contributed by atoms with van der Waals surface area (Å²) in [4.78, 5) is 8.90. The summed E-state index contributed by atoms with van der Waals surface area (Å²) >= 11 is 0. The van der Waals surface area contributed by atoms with E-state index in [2.05, 4.69) is 9.97 Å². The summed E-state index contributed by atoms with van der Waals surface area (Å²) in [6.45, 7) is 5.90. The van der Waals surface area contributed by atoms with Gasteiger partial charge in [0.15, 0.2) is 0 Å². The Balaban J connectivity index is 2.09. The van der Waals surface area contributed by atoms with Crippen LogP contribution in [0.2, 0.25) is 0 Å². The van der Waals surface area contributed by atoms with Crippen LogP contribution >= 0.6 is 0 Å². The van der Waals surface area contributed by atoms with Crippen molar-refractivity contribution in [1.82, 2.24) is 14.5 Å². The second kappa shape index (κ2) is 4.77. The summed E-state index contributed by atoms with van der Waals surface area (Å²) in [6, 6.07) is 11.6. The first kappa shape index (κ1) is 13.4. The minimum atomic E-state index is -0.350. The van der Waals surface area contributed by atoms with Crippen LogP contribution < -0.4 is 10.5 Å². The van der Waals surface area contributed by atoms with E-state index in [0.29, 0.717) is 11.6 Å². The number of imidazole rings is 1. The lowest BCUT2D eigenvalue weighted by atomic mass is 10.2. The third-order valence-electron chi connectivity index (χ3n) is 2.98. The fourth-order valence-corrected chi connectivity index (χ4v) is 2.09. The summed E-state index contributed by atoms with van der Waals surface area (Å²) in [6.07, 6.45) is 1.75. The highest BCUT2D eigenvalue weighted by atomic mass is 16.5. The van der Waals surface area contributed by atoms with Crippen LogP contribution in [0.5, 0.6) is 5.88 Å². The van der Waals surface area contributed by atoms with Crippen molar-refractivity contribution in [3.63, 3.8) is 0 Å². The van der Waals surface area contributed by atoms with Crippen molar-refractivity contribution in [3.8, 4) is 11.7 Å². The molecular formula is C16H18N4O. The molecule has 2 N–H and O–H groups in total. The molecule has 2 aromatic heterocycles. The third-order valence-corrected chi connectivity index (χ3v) is 2.98. The number of aromatic nitrogens is 3. The predicted octanol–water partition coefficient (Wildman–Crippen LogP) is 3.18. The number of nitrogens with zero attached hydrogens (tertiary/aromatic N) is 3. The second-order valence-corrected chi connectivity index (χ2v) is 5.88. The number of fused-ring (bicyclic) bond motifs is 1. The molecule has 0 unspecified atom stereocenters. The molecule has 5 nitrogen and oxygen atoms in total. The topological polar surface area (TPSA) is 66.0 Å². The van der Waals surface area contributed by atoms with Crippen molar-refractivity contribution in [1.29, 1.82) is 0 Å². The van der Waals surface area contributed by atoms with E-state index in [9.17, 15) is 0 Å². The number of ether oxygens (including phenoxy) is 1. The smallest absolute Gasteiger partial charge is 0.239 e.